The summed E-state index contributed by atoms with van der Waals surface area (Å²) in [5.41, 5.74) is -0.0262. The van der Waals surface area contributed by atoms with Crippen molar-refractivity contribution in [1.29, 1.82) is 0 Å². The number of alkyl halides is 3. The molecule has 0 saturated carbocycles. The van der Waals surface area contributed by atoms with E-state index in [-0.39, 0.29) is 5.01 Å². The van der Waals surface area contributed by atoms with Gasteiger partial charge in [0, 0.05) is 10.8 Å². The first-order valence-corrected chi connectivity index (χ1v) is 7.65. The fourth-order valence-electron chi connectivity index (χ4n) is 1.86. The van der Waals surface area contributed by atoms with Crippen LogP contribution in [-0.4, -0.2) is 17.1 Å². The van der Waals surface area contributed by atoms with Crippen molar-refractivity contribution in [3.05, 3.63) is 39.8 Å². The molecule has 0 fully saturated rings. The van der Waals surface area contributed by atoms with Crippen molar-refractivity contribution in [2.45, 2.75) is 6.18 Å². The fraction of sp³-hybridized carbons (Fsp3) is 0.143. The highest BCUT2D eigenvalue weighted by Gasteiger charge is 2.34. The monoisotopic (exact) mass is 387 g/mol. The van der Waals surface area contributed by atoms with Gasteiger partial charge in [0.2, 0.25) is 0 Å². The van der Waals surface area contributed by atoms with E-state index in [4.69, 9.17) is 4.74 Å². The zero-order chi connectivity index (χ0) is 15.9. The van der Waals surface area contributed by atoms with Gasteiger partial charge in [-0.15, -0.1) is 11.3 Å². The SMILES string of the molecule is COc1ccc2[c]cc(-c3nc(C(F)(F)F)cs3)nc2c1Br. The lowest BCUT2D eigenvalue weighted by Crippen LogP contribution is -2.04. The maximum Gasteiger partial charge on any atom is 0.434 e. The third-order valence-corrected chi connectivity index (χ3v) is 4.54. The Morgan fingerprint density at radius 3 is 2.68 bits per heavy atom. The molecular formula is C14H7BrF3N2OS. The summed E-state index contributed by atoms with van der Waals surface area (Å²) in [6, 6.07) is 8.06. The first-order chi connectivity index (χ1) is 10.4. The lowest BCUT2D eigenvalue weighted by Gasteiger charge is -2.07. The molecule has 113 valence electrons. The summed E-state index contributed by atoms with van der Waals surface area (Å²) in [6.07, 6.45) is -4.46. The second-order valence-electron chi connectivity index (χ2n) is 4.30. The van der Waals surface area contributed by atoms with Crippen LogP contribution < -0.4 is 4.74 Å². The molecule has 1 aromatic carbocycles. The number of pyridine rings is 1. The van der Waals surface area contributed by atoms with Crippen LogP contribution in [0.25, 0.3) is 21.6 Å². The van der Waals surface area contributed by atoms with Crippen molar-refractivity contribution in [2.24, 2.45) is 0 Å². The fourth-order valence-corrected chi connectivity index (χ4v) is 3.24. The molecule has 8 heteroatoms. The van der Waals surface area contributed by atoms with E-state index in [1.165, 1.54) is 13.2 Å². The highest BCUT2D eigenvalue weighted by molar-refractivity contribution is 9.10. The Morgan fingerprint density at radius 1 is 1.27 bits per heavy atom. The van der Waals surface area contributed by atoms with Gasteiger partial charge in [0.15, 0.2) is 5.69 Å². The predicted molar refractivity (Wildman–Crippen MR) is 80.9 cm³/mol. The minimum absolute atomic E-state index is 0.195. The summed E-state index contributed by atoms with van der Waals surface area (Å²) < 4.78 is 43.7. The quantitative estimate of drug-likeness (QED) is 0.623. The third-order valence-electron chi connectivity index (χ3n) is 2.91. The zero-order valence-electron chi connectivity index (χ0n) is 11.0. The first-order valence-electron chi connectivity index (χ1n) is 5.98. The predicted octanol–water partition coefficient (Wildman–Crippen LogP) is 4.95. The van der Waals surface area contributed by atoms with Gasteiger partial charge in [0.25, 0.3) is 0 Å². The number of halogens is 4. The molecule has 0 atom stereocenters. The molecule has 22 heavy (non-hydrogen) atoms. The molecular weight excluding hydrogens is 381 g/mol. The van der Waals surface area contributed by atoms with Crippen LogP contribution in [0, 0.1) is 6.07 Å². The number of methoxy groups -OCH3 is 1. The van der Waals surface area contributed by atoms with Crippen LogP contribution in [0.3, 0.4) is 0 Å². The van der Waals surface area contributed by atoms with Crippen LogP contribution in [0.15, 0.2) is 28.1 Å². The van der Waals surface area contributed by atoms with Crippen molar-refractivity contribution in [1.82, 2.24) is 9.97 Å². The number of aromatic nitrogens is 2. The maximum atomic E-state index is 12.6. The summed E-state index contributed by atoms with van der Waals surface area (Å²) in [5.74, 6) is 0.584. The van der Waals surface area contributed by atoms with Gasteiger partial charge in [0.1, 0.15) is 16.5 Å². The second kappa shape index (κ2) is 5.51. The van der Waals surface area contributed by atoms with Crippen molar-refractivity contribution >= 4 is 38.2 Å². The van der Waals surface area contributed by atoms with E-state index in [0.717, 1.165) is 22.1 Å². The van der Waals surface area contributed by atoms with Crippen molar-refractivity contribution in [2.75, 3.05) is 7.11 Å². The topological polar surface area (TPSA) is 35.0 Å². The molecule has 1 radical (unpaired) electrons. The molecule has 2 aromatic heterocycles. The summed E-state index contributed by atoms with van der Waals surface area (Å²) >= 11 is 4.27. The minimum Gasteiger partial charge on any atom is -0.495 e. The smallest absolute Gasteiger partial charge is 0.434 e. The van der Waals surface area contributed by atoms with Gasteiger partial charge in [-0.05, 0) is 40.2 Å². The molecule has 0 aliphatic rings. The number of fused-ring (bicyclic) bond motifs is 1. The number of nitrogens with zero attached hydrogens (tertiary/aromatic N) is 2. The van der Waals surface area contributed by atoms with Crippen LogP contribution in [-0.2, 0) is 6.18 Å². The van der Waals surface area contributed by atoms with E-state index in [0.29, 0.717) is 21.4 Å². The molecule has 0 amide bonds. The van der Waals surface area contributed by atoms with E-state index in [1.54, 1.807) is 12.1 Å². The first kappa shape index (κ1) is 15.2. The number of ether oxygens (including phenoxy) is 1. The molecule has 0 unspecified atom stereocenters. The van der Waals surface area contributed by atoms with Crippen LogP contribution in [0.5, 0.6) is 5.75 Å². The molecule has 0 spiro atoms. The standard InChI is InChI=1S/C14H7BrF3N2OS/c1-21-9-5-3-7-2-4-8(19-12(7)11(9)15)13-20-10(6-22-13)14(16,17)18/h3-6H,1H3. The van der Waals surface area contributed by atoms with Crippen molar-refractivity contribution in [3.63, 3.8) is 0 Å². The molecule has 3 rings (SSSR count). The Morgan fingerprint density at radius 2 is 2.05 bits per heavy atom. The summed E-state index contributed by atoms with van der Waals surface area (Å²) in [5, 5.41) is 1.89. The van der Waals surface area contributed by atoms with E-state index < -0.39 is 11.9 Å². The summed E-state index contributed by atoms with van der Waals surface area (Å²) in [4.78, 5) is 7.97. The molecule has 0 aliphatic heterocycles. The average Bonchev–Trinajstić information content (AvgIpc) is 2.97. The van der Waals surface area contributed by atoms with Gasteiger partial charge >= 0.3 is 6.18 Å². The number of thiazole rings is 1. The van der Waals surface area contributed by atoms with Gasteiger partial charge in [0.05, 0.1) is 17.1 Å². The Bertz CT molecular complexity index is 848. The highest BCUT2D eigenvalue weighted by atomic mass is 79.9. The van der Waals surface area contributed by atoms with Gasteiger partial charge < -0.3 is 4.74 Å². The van der Waals surface area contributed by atoms with E-state index >= 15 is 0 Å². The summed E-state index contributed by atoms with van der Waals surface area (Å²) in [7, 11) is 1.52. The van der Waals surface area contributed by atoms with Crippen molar-refractivity contribution < 1.29 is 17.9 Å². The summed E-state index contributed by atoms with van der Waals surface area (Å²) in [6.45, 7) is 0. The molecule has 0 aliphatic carbocycles. The normalized spacial score (nSPS) is 11.9. The van der Waals surface area contributed by atoms with E-state index in [9.17, 15) is 13.2 Å². The minimum atomic E-state index is -4.46. The average molecular weight is 388 g/mol. The molecule has 0 bridgehead atoms. The van der Waals surface area contributed by atoms with Gasteiger partial charge in [-0.3, -0.25) is 0 Å². The molecule has 0 saturated heterocycles. The van der Waals surface area contributed by atoms with Crippen LogP contribution in [0.1, 0.15) is 5.69 Å². The van der Waals surface area contributed by atoms with Crippen molar-refractivity contribution in [3.8, 4) is 16.5 Å². The van der Waals surface area contributed by atoms with Crippen LogP contribution in [0.4, 0.5) is 13.2 Å². The number of hydrogen-bond donors (Lipinski definition) is 0. The third kappa shape index (κ3) is 2.68. The Labute approximate surface area is 135 Å². The largest absolute Gasteiger partial charge is 0.495 e. The number of rotatable bonds is 2. The Kier molecular flexibility index (Phi) is 3.82. The van der Waals surface area contributed by atoms with Gasteiger partial charge in [-0.2, -0.15) is 13.2 Å². The second-order valence-corrected chi connectivity index (χ2v) is 5.95. The van der Waals surface area contributed by atoms with Gasteiger partial charge in [-0.1, -0.05) is 0 Å². The van der Waals surface area contributed by atoms with Crippen LogP contribution >= 0.6 is 27.3 Å². The highest BCUT2D eigenvalue weighted by Crippen LogP contribution is 2.35. The molecule has 2 heterocycles. The lowest BCUT2D eigenvalue weighted by molar-refractivity contribution is -0.140. The molecule has 0 N–H and O–H groups in total. The zero-order valence-corrected chi connectivity index (χ0v) is 13.4. The Balaban J connectivity index is 2.12. The molecule has 3 aromatic rings. The van der Waals surface area contributed by atoms with E-state index in [2.05, 4.69) is 32.0 Å². The number of hydrogen-bond acceptors (Lipinski definition) is 4. The van der Waals surface area contributed by atoms with Gasteiger partial charge in [-0.25, -0.2) is 9.97 Å². The molecule has 3 nitrogen and oxygen atoms in total. The number of benzene rings is 1. The van der Waals surface area contributed by atoms with Crippen LogP contribution in [0.2, 0.25) is 0 Å². The Hall–Kier alpha value is -1.67. The van der Waals surface area contributed by atoms with E-state index in [1.807, 2.05) is 0 Å². The maximum absolute atomic E-state index is 12.6. The lowest BCUT2D eigenvalue weighted by atomic mass is 10.2.